The fraction of sp³-hybridized carbons (Fsp3) is 0. The third-order valence-corrected chi connectivity index (χ3v) is 0. The second-order valence-corrected chi connectivity index (χ2v) is 0.651. The minimum atomic E-state index is -2.86. The molecule has 0 aliphatic carbocycles. The maximum absolute atomic E-state index is 8.56. The second kappa shape index (κ2) is 9.17. The van der Waals surface area contributed by atoms with Crippen molar-refractivity contribution < 1.29 is 32.8 Å². The van der Waals surface area contributed by atoms with E-state index in [4.69, 9.17) is 13.3 Å². The summed E-state index contributed by atoms with van der Waals surface area (Å²) in [4.78, 5) is 0. The molecule has 6 heteroatoms. The van der Waals surface area contributed by atoms with Crippen LogP contribution in [0.1, 0.15) is 0 Å². The predicted octanol–water partition coefficient (Wildman–Crippen LogP) is -0.502. The molecule has 0 saturated carbocycles. The van der Waals surface area contributed by atoms with Crippen LogP contribution in [0.3, 0.4) is 0 Å². The van der Waals surface area contributed by atoms with Crippen molar-refractivity contribution in [3.63, 3.8) is 0 Å². The zero-order chi connectivity index (χ0) is 3.58. The number of hydrogen-bond donors (Lipinski definition) is 2. The van der Waals surface area contributed by atoms with Crippen LogP contribution < -0.4 is 6.15 Å². The Bertz CT molecular complexity index is 33.8. The fourth-order valence-electron chi connectivity index (χ4n) is 0. The third kappa shape index (κ3) is 145. The normalized spacial score (nSPS) is 10.3. The van der Waals surface area contributed by atoms with Crippen LogP contribution in [-0.2, 0) is 30.8 Å². The van der Waals surface area contributed by atoms with Gasteiger partial charge in [0, 0.05) is 0 Å². The molecule has 1 unspecified atom stereocenters. The van der Waals surface area contributed by atoms with E-state index in [1.165, 1.54) is 0 Å². The van der Waals surface area contributed by atoms with Gasteiger partial charge in [0.25, 0.3) is 0 Å². The first-order valence-electron chi connectivity index (χ1n) is 0.516. The molecule has 0 saturated heterocycles. The van der Waals surface area contributed by atoms with Crippen LogP contribution >= 0.6 is 0 Å². The van der Waals surface area contributed by atoms with Crippen molar-refractivity contribution in [3.8, 4) is 0 Å². The van der Waals surface area contributed by atoms with E-state index in [9.17, 15) is 0 Å². The van der Waals surface area contributed by atoms with Crippen molar-refractivity contribution in [1.82, 2.24) is 6.15 Å². The molecule has 0 fully saturated rings. The molecule has 1 radical (unpaired) electrons. The van der Waals surface area contributed by atoms with Gasteiger partial charge in [-0.3, -0.25) is 0 Å². The molecular formula is H4NO3SZn. The summed E-state index contributed by atoms with van der Waals surface area (Å²) in [5.74, 6) is 0. The first-order chi connectivity index (χ1) is 1.73. The summed E-state index contributed by atoms with van der Waals surface area (Å²) in [6, 6.07) is 0. The van der Waals surface area contributed by atoms with Crippen LogP contribution in [0.15, 0.2) is 0 Å². The Hall–Kier alpha value is 0.653. The largest absolute Gasteiger partial charge is 1.00 e. The molecule has 0 bridgehead atoms. The molecule has 1 atom stereocenters. The Morgan fingerprint density at radius 3 is 1.67 bits per heavy atom. The van der Waals surface area contributed by atoms with Gasteiger partial charge in [0.2, 0.25) is 0 Å². The van der Waals surface area contributed by atoms with Crippen LogP contribution in [0, 0.1) is 0 Å². The maximum Gasteiger partial charge on any atom is 1.00 e. The van der Waals surface area contributed by atoms with Crippen molar-refractivity contribution in [3.05, 3.63) is 0 Å². The molecule has 0 aliphatic heterocycles. The van der Waals surface area contributed by atoms with E-state index in [1.807, 2.05) is 0 Å². The van der Waals surface area contributed by atoms with Crippen molar-refractivity contribution in [2.75, 3.05) is 0 Å². The van der Waals surface area contributed by atoms with Crippen LogP contribution in [0.25, 0.3) is 0 Å². The van der Waals surface area contributed by atoms with Gasteiger partial charge in [-0.2, -0.15) is 0 Å². The van der Waals surface area contributed by atoms with E-state index >= 15 is 0 Å². The van der Waals surface area contributed by atoms with Crippen LogP contribution in [-0.4, -0.2) is 13.3 Å². The van der Waals surface area contributed by atoms with Crippen molar-refractivity contribution >= 4 is 11.4 Å². The van der Waals surface area contributed by atoms with Crippen molar-refractivity contribution in [2.45, 2.75) is 0 Å². The second-order valence-electron chi connectivity index (χ2n) is 0.217. The van der Waals surface area contributed by atoms with Crippen LogP contribution in [0.2, 0.25) is 0 Å². The first kappa shape index (κ1) is 15.9. The average Bonchev–Trinajstić information content (AvgIpc) is 0.811. The Balaban J connectivity index is -0.0000000450. The van der Waals surface area contributed by atoms with E-state index in [0.29, 0.717) is 0 Å². The minimum absolute atomic E-state index is 0. The Labute approximate surface area is 50.8 Å². The zero-order valence-electron chi connectivity index (χ0n) is 3.09. The Morgan fingerprint density at radius 2 is 1.67 bits per heavy atom. The summed E-state index contributed by atoms with van der Waals surface area (Å²) in [5, 5.41) is 0. The molecule has 4 N–H and O–H groups in total. The average molecular weight is 163 g/mol. The van der Waals surface area contributed by atoms with Gasteiger partial charge in [0.15, 0.2) is 0 Å². The van der Waals surface area contributed by atoms with Gasteiger partial charge < -0.3 is 15.3 Å². The van der Waals surface area contributed by atoms with Gasteiger partial charge in [0.1, 0.15) is 0 Å². The summed E-state index contributed by atoms with van der Waals surface area (Å²) in [5.41, 5.74) is 0. The molecule has 0 rings (SSSR count). The molecule has 6 heavy (non-hydrogen) atoms. The molecule has 0 aromatic rings. The van der Waals surface area contributed by atoms with Crippen LogP contribution in [0.5, 0.6) is 0 Å². The van der Waals surface area contributed by atoms with Gasteiger partial charge >= 0.3 is 19.5 Å². The van der Waals surface area contributed by atoms with E-state index < -0.39 is 11.4 Å². The molecule has 0 aromatic heterocycles. The topological polar surface area (TPSA) is 95.4 Å². The number of rotatable bonds is 0. The maximum atomic E-state index is 8.56. The van der Waals surface area contributed by atoms with Gasteiger partial charge in [-0.05, 0) is 0 Å². The molecule has 0 amide bonds. The monoisotopic (exact) mass is 162 g/mol. The summed E-state index contributed by atoms with van der Waals surface area (Å²) >= 11 is -2.86. The zero-order valence-corrected chi connectivity index (χ0v) is 6.87. The standard InChI is InChI=1S/H3N.H2O3S.Zn/c;1-4(2)3;/h1H3;(H2,1,2,3);/q;;+1/p-1. The van der Waals surface area contributed by atoms with Gasteiger partial charge in [-0.15, -0.1) is 0 Å². The van der Waals surface area contributed by atoms with Gasteiger partial charge in [0.05, 0.1) is 11.4 Å². The Morgan fingerprint density at radius 1 is 1.67 bits per heavy atom. The van der Waals surface area contributed by atoms with E-state index in [2.05, 4.69) is 0 Å². The molecule has 0 aliphatic rings. The fourth-order valence-corrected chi connectivity index (χ4v) is 0. The first-order valence-corrected chi connectivity index (χ1v) is 1.55. The van der Waals surface area contributed by atoms with E-state index in [1.54, 1.807) is 0 Å². The van der Waals surface area contributed by atoms with E-state index in [0.717, 1.165) is 0 Å². The molecule has 35 valence electrons. The molecular weight excluding hydrogens is 159 g/mol. The molecule has 0 spiro atoms. The summed E-state index contributed by atoms with van der Waals surface area (Å²) < 4.78 is 24.1. The quantitative estimate of drug-likeness (QED) is 0.372. The molecule has 4 nitrogen and oxygen atoms in total. The SMILES string of the molecule is N.O=S([O-])O.[Zn+]. The molecule has 0 aromatic carbocycles. The number of hydrogen-bond acceptors (Lipinski definition) is 3. The summed E-state index contributed by atoms with van der Waals surface area (Å²) in [6.07, 6.45) is 0. The smallest absolute Gasteiger partial charge is 0.750 e. The van der Waals surface area contributed by atoms with Crippen LogP contribution in [0.4, 0.5) is 0 Å². The predicted molar refractivity (Wildman–Crippen MR) is 16.6 cm³/mol. The Kier molecular flexibility index (Phi) is 24.4. The third-order valence-electron chi connectivity index (χ3n) is 0. The van der Waals surface area contributed by atoms with Gasteiger partial charge in [-0.1, -0.05) is 0 Å². The summed E-state index contributed by atoms with van der Waals surface area (Å²) in [7, 11) is 0. The van der Waals surface area contributed by atoms with Crippen molar-refractivity contribution in [2.24, 2.45) is 0 Å². The van der Waals surface area contributed by atoms with Gasteiger partial charge in [-0.25, -0.2) is 4.21 Å². The van der Waals surface area contributed by atoms with E-state index in [-0.39, 0.29) is 25.6 Å². The summed E-state index contributed by atoms with van der Waals surface area (Å²) in [6.45, 7) is 0. The molecule has 0 heterocycles. The minimum Gasteiger partial charge on any atom is -0.750 e. The van der Waals surface area contributed by atoms with Crippen molar-refractivity contribution in [1.29, 1.82) is 0 Å².